The molecule has 1 saturated heterocycles. The summed E-state index contributed by atoms with van der Waals surface area (Å²) in [5, 5.41) is 2.80. The van der Waals surface area contributed by atoms with Crippen molar-refractivity contribution < 1.29 is 18.3 Å². The number of aryl methyl sites for hydroxylation is 1. The maximum absolute atomic E-state index is 12.9. The van der Waals surface area contributed by atoms with Crippen LogP contribution < -0.4 is 5.32 Å². The lowest BCUT2D eigenvalue weighted by atomic mass is 10.1. The van der Waals surface area contributed by atoms with Crippen LogP contribution in [0.5, 0.6) is 0 Å². The van der Waals surface area contributed by atoms with E-state index in [9.17, 15) is 9.18 Å². The lowest BCUT2D eigenvalue weighted by Gasteiger charge is -2.14. The number of carbonyl (C=O) groups excluding carboxylic acids is 1. The SMILES string of the molecule is Cc1oc(-c2ccc(CN3CCCC3)cc2)nc1COCC(=O)NCCc1ccc(F)cc1. The van der Waals surface area contributed by atoms with E-state index < -0.39 is 0 Å². The van der Waals surface area contributed by atoms with Crippen LogP contribution in [0.3, 0.4) is 0 Å². The number of halogens is 1. The molecule has 4 rings (SSSR count). The first-order valence-electron chi connectivity index (χ1n) is 11.4. The third-order valence-electron chi connectivity index (χ3n) is 5.82. The zero-order valence-corrected chi connectivity index (χ0v) is 19.0. The molecule has 6 nitrogen and oxygen atoms in total. The molecule has 1 N–H and O–H groups in total. The second-order valence-corrected chi connectivity index (χ2v) is 8.42. The summed E-state index contributed by atoms with van der Waals surface area (Å²) in [6.07, 6.45) is 3.21. The lowest BCUT2D eigenvalue weighted by molar-refractivity contribution is -0.126. The van der Waals surface area contributed by atoms with Gasteiger partial charge < -0.3 is 14.5 Å². The van der Waals surface area contributed by atoms with Crippen LogP contribution in [0.1, 0.15) is 35.4 Å². The Morgan fingerprint density at radius 2 is 1.79 bits per heavy atom. The molecule has 0 atom stereocenters. The van der Waals surface area contributed by atoms with Crippen LogP contribution in [-0.4, -0.2) is 42.0 Å². The summed E-state index contributed by atoms with van der Waals surface area (Å²) in [6, 6.07) is 14.6. The summed E-state index contributed by atoms with van der Waals surface area (Å²) in [7, 11) is 0. The summed E-state index contributed by atoms with van der Waals surface area (Å²) >= 11 is 0. The molecule has 2 aromatic carbocycles. The minimum atomic E-state index is -0.267. The van der Waals surface area contributed by atoms with Crippen LogP contribution >= 0.6 is 0 Å². The van der Waals surface area contributed by atoms with Crippen molar-refractivity contribution in [1.29, 1.82) is 0 Å². The van der Waals surface area contributed by atoms with Gasteiger partial charge in [0.2, 0.25) is 11.8 Å². The Labute approximate surface area is 193 Å². The van der Waals surface area contributed by atoms with Crippen LogP contribution in [0.15, 0.2) is 52.9 Å². The van der Waals surface area contributed by atoms with Crippen molar-refractivity contribution in [1.82, 2.24) is 15.2 Å². The van der Waals surface area contributed by atoms with Gasteiger partial charge in [0.1, 0.15) is 23.9 Å². The van der Waals surface area contributed by atoms with Gasteiger partial charge in [-0.15, -0.1) is 0 Å². The quantitative estimate of drug-likeness (QED) is 0.499. The highest BCUT2D eigenvalue weighted by atomic mass is 19.1. The van der Waals surface area contributed by atoms with Gasteiger partial charge in [0.15, 0.2) is 0 Å². The van der Waals surface area contributed by atoms with E-state index in [1.807, 2.05) is 19.1 Å². The molecule has 1 aliphatic rings. The van der Waals surface area contributed by atoms with Crippen LogP contribution in [0.25, 0.3) is 11.5 Å². The van der Waals surface area contributed by atoms with E-state index in [2.05, 4.69) is 27.3 Å². The van der Waals surface area contributed by atoms with E-state index in [4.69, 9.17) is 9.15 Å². The lowest BCUT2D eigenvalue weighted by Crippen LogP contribution is -2.29. The predicted molar refractivity (Wildman–Crippen MR) is 124 cm³/mol. The summed E-state index contributed by atoms with van der Waals surface area (Å²) in [5.74, 6) is 0.773. The molecule has 0 aliphatic carbocycles. The number of nitrogens with zero attached hydrogens (tertiary/aromatic N) is 2. The van der Waals surface area contributed by atoms with E-state index in [1.165, 1.54) is 43.6 Å². The number of carbonyl (C=O) groups is 1. The summed E-state index contributed by atoms with van der Waals surface area (Å²) in [6.45, 7) is 5.79. The number of nitrogens with one attached hydrogen (secondary N) is 1. The highest BCUT2D eigenvalue weighted by Crippen LogP contribution is 2.23. The summed E-state index contributed by atoms with van der Waals surface area (Å²) in [4.78, 5) is 19.0. The fraction of sp³-hybridized carbons (Fsp3) is 0.385. The Morgan fingerprint density at radius 3 is 2.52 bits per heavy atom. The molecule has 2 heterocycles. The predicted octanol–water partition coefficient (Wildman–Crippen LogP) is 4.26. The van der Waals surface area contributed by atoms with Crippen LogP contribution in [0, 0.1) is 12.7 Å². The van der Waals surface area contributed by atoms with Crippen LogP contribution in [0.4, 0.5) is 4.39 Å². The summed E-state index contributed by atoms with van der Waals surface area (Å²) < 4.78 is 24.3. The van der Waals surface area contributed by atoms with Gasteiger partial charge in [0.25, 0.3) is 0 Å². The highest BCUT2D eigenvalue weighted by Gasteiger charge is 2.14. The minimum absolute atomic E-state index is 0.0593. The largest absolute Gasteiger partial charge is 0.441 e. The highest BCUT2D eigenvalue weighted by molar-refractivity contribution is 5.77. The van der Waals surface area contributed by atoms with Gasteiger partial charge in [-0.25, -0.2) is 9.37 Å². The van der Waals surface area contributed by atoms with E-state index in [-0.39, 0.29) is 24.9 Å². The maximum Gasteiger partial charge on any atom is 0.246 e. The minimum Gasteiger partial charge on any atom is -0.441 e. The van der Waals surface area contributed by atoms with Gasteiger partial charge in [0, 0.05) is 18.7 Å². The monoisotopic (exact) mass is 451 g/mol. The van der Waals surface area contributed by atoms with Crippen molar-refractivity contribution in [2.24, 2.45) is 0 Å². The standard InChI is InChI=1S/C26H30FN3O3/c1-19-24(17-32-18-25(31)28-13-12-20-6-10-23(27)11-7-20)29-26(33-19)22-8-4-21(5-9-22)16-30-14-2-3-15-30/h4-11H,2-3,12-18H2,1H3,(H,28,31). The molecule has 1 aliphatic heterocycles. The van der Waals surface area contributed by atoms with Crippen molar-refractivity contribution >= 4 is 5.91 Å². The van der Waals surface area contributed by atoms with Gasteiger partial charge in [-0.05, 0) is 74.7 Å². The zero-order chi connectivity index (χ0) is 23.0. The van der Waals surface area contributed by atoms with Gasteiger partial charge in [-0.1, -0.05) is 24.3 Å². The van der Waals surface area contributed by atoms with E-state index in [0.717, 1.165) is 17.7 Å². The van der Waals surface area contributed by atoms with Gasteiger partial charge in [0.05, 0.1) is 6.61 Å². The molecule has 0 bridgehead atoms. The van der Waals surface area contributed by atoms with Gasteiger partial charge in [-0.3, -0.25) is 9.69 Å². The number of hydrogen-bond acceptors (Lipinski definition) is 5. The van der Waals surface area contributed by atoms with Crippen LogP contribution in [0.2, 0.25) is 0 Å². The number of rotatable bonds is 10. The Balaban J connectivity index is 1.21. The first-order chi connectivity index (χ1) is 16.1. The first kappa shape index (κ1) is 23.1. The molecule has 33 heavy (non-hydrogen) atoms. The van der Waals surface area contributed by atoms with Crippen LogP contribution in [-0.2, 0) is 29.1 Å². The van der Waals surface area contributed by atoms with Crippen molar-refractivity contribution in [2.45, 2.75) is 39.3 Å². The smallest absolute Gasteiger partial charge is 0.246 e. The second-order valence-electron chi connectivity index (χ2n) is 8.42. The third-order valence-corrected chi connectivity index (χ3v) is 5.82. The topological polar surface area (TPSA) is 67.6 Å². The number of oxazole rings is 1. The molecule has 0 unspecified atom stereocenters. The Kier molecular flexibility index (Phi) is 7.86. The maximum atomic E-state index is 12.9. The third kappa shape index (κ3) is 6.73. The molecule has 7 heteroatoms. The molecule has 0 radical (unpaired) electrons. The molecule has 1 amide bonds. The van der Waals surface area contributed by atoms with Crippen molar-refractivity contribution in [3.05, 3.63) is 76.9 Å². The molecule has 1 aromatic heterocycles. The molecular weight excluding hydrogens is 421 g/mol. The normalized spacial score (nSPS) is 14.0. The molecule has 0 spiro atoms. The Bertz CT molecular complexity index is 1040. The van der Waals surface area contributed by atoms with Crippen molar-refractivity contribution in [3.63, 3.8) is 0 Å². The number of hydrogen-bond donors (Lipinski definition) is 1. The van der Waals surface area contributed by atoms with E-state index in [0.29, 0.717) is 30.3 Å². The molecule has 174 valence electrons. The number of benzene rings is 2. The van der Waals surface area contributed by atoms with E-state index >= 15 is 0 Å². The first-order valence-corrected chi connectivity index (χ1v) is 11.4. The number of likely N-dealkylation sites (tertiary alicyclic amines) is 1. The zero-order valence-electron chi connectivity index (χ0n) is 19.0. The number of ether oxygens (including phenoxy) is 1. The average molecular weight is 452 g/mol. The Morgan fingerprint density at radius 1 is 1.09 bits per heavy atom. The molecular formula is C26H30FN3O3. The molecule has 0 saturated carbocycles. The number of aromatic nitrogens is 1. The molecule has 3 aromatic rings. The fourth-order valence-corrected chi connectivity index (χ4v) is 3.93. The van der Waals surface area contributed by atoms with Crippen molar-refractivity contribution in [2.75, 3.05) is 26.2 Å². The van der Waals surface area contributed by atoms with Gasteiger partial charge in [-0.2, -0.15) is 0 Å². The Hall–Kier alpha value is -3.03. The van der Waals surface area contributed by atoms with Gasteiger partial charge >= 0.3 is 0 Å². The average Bonchev–Trinajstić information content (AvgIpc) is 3.45. The second kappa shape index (κ2) is 11.2. The summed E-state index contributed by atoms with van der Waals surface area (Å²) in [5.41, 5.74) is 3.86. The molecule has 1 fully saturated rings. The van der Waals surface area contributed by atoms with E-state index in [1.54, 1.807) is 12.1 Å². The van der Waals surface area contributed by atoms with Crippen molar-refractivity contribution in [3.8, 4) is 11.5 Å². The number of amides is 1. The fourth-order valence-electron chi connectivity index (χ4n) is 3.93.